The molecular formula is C49H37N3O2. The average Bonchev–Trinajstić information content (AvgIpc) is 3.63. The Morgan fingerprint density at radius 3 is 2.35 bits per heavy atom. The van der Waals surface area contributed by atoms with E-state index in [0.717, 1.165) is 74.8 Å². The molecule has 0 N–H and O–H groups in total. The van der Waals surface area contributed by atoms with E-state index in [9.17, 15) is 0 Å². The van der Waals surface area contributed by atoms with Crippen LogP contribution in [0.4, 0.5) is 0 Å². The molecule has 0 fully saturated rings. The molecule has 6 aromatic carbocycles. The zero-order chi connectivity index (χ0) is 36.2. The van der Waals surface area contributed by atoms with Gasteiger partial charge in [0.1, 0.15) is 22.7 Å². The van der Waals surface area contributed by atoms with Crippen LogP contribution >= 0.6 is 0 Å². The summed E-state index contributed by atoms with van der Waals surface area (Å²) in [6, 6.07) is 40.3. The van der Waals surface area contributed by atoms with Crippen LogP contribution in [0.15, 0.2) is 162 Å². The first-order chi connectivity index (χ1) is 26.6. The molecule has 2 unspecified atom stereocenters. The van der Waals surface area contributed by atoms with Gasteiger partial charge < -0.3 is 9.15 Å². The van der Waals surface area contributed by atoms with E-state index in [4.69, 9.17) is 24.1 Å². The highest BCUT2D eigenvalue weighted by Gasteiger charge is 2.26. The van der Waals surface area contributed by atoms with Gasteiger partial charge in [0.05, 0.1) is 0 Å². The Bertz CT molecular complexity index is 2890. The van der Waals surface area contributed by atoms with Crippen molar-refractivity contribution in [2.75, 3.05) is 0 Å². The second kappa shape index (κ2) is 13.1. The lowest BCUT2D eigenvalue weighted by Gasteiger charge is -2.19. The molecule has 0 radical (unpaired) electrons. The van der Waals surface area contributed by atoms with E-state index >= 15 is 0 Å². The van der Waals surface area contributed by atoms with Crippen LogP contribution in [-0.2, 0) is 6.42 Å². The third-order valence-electron chi connectivity index (χ3n) is 11.0. The minimum atomic E-state index is 0.131. The summed E-state index contributed by atoms with van der Waals surface area (Å²) in [7, 11) is 0. The van der Waals surface area contributed by atoms with E-state index in [-0.39, 0.29) is 11.8 Å². The fourth-order valence-corrected chi connectivity index (χ4v) is 8.19. The summed E-state index contributed by atoms with van der Waals surface area (Å²) in [4.78, 5) is 15.8. The number of allylic oxidation sites excluding steroid dienone is 6. The van der Waals surface area contributed by atoms with E-state index in [1.54, 1.807) is 0 Å². The number of para-hydroxylation sites is 2. The molecule has 0 amide bonds. The average molecular weight is 700 g/mol. The van der Waals surface area contributed by atoms with Crippen LogP contribution in [0.5, 0.6) is 5.75 Å². The molecule has 0 bridgehead atoms. The molecule has 2 aliphatic rings. The Kier molecular flexibility index (Phi) is 7.80. The summed E-state index contributed by atoms with van der Waals surface area (Å²) in [5.41, 5.74) is 6.96. The van der Waals surface area contributed by atoms with Crippen molar-refractivity contribution in [3.8, 4) is 28.5 Å². The lowest BCUT2D eigenvalue weighted by molar-refractivity contribution is 0.441. The maximum atomic E-state index is 6.81. The number of benzene rings is 6. The van der Waals surface area contributed by atoms with Crippen molar-refractivity contribution in [3.05, 3.63) is 175 Å². The molecular weight excluding hydrogens is 663 g/mol. The van der Waals surface area contributed by atoms with Crippen molar-refractivity contribution in [1.29, 1.82) is 0 Å². The Morgan fingerprint density at radius 1 is 0.685 bits per heavy atom. The first-order valence-corrected chi connectivity index (χ1v) is 18.7. The van der Waals surface area contributed by atoms with Crippen LogP contribution in [-0.4, -0.2) is 15.0 Å². The molecule has 2 atom stereocenters. The molecule has 260 valence electrons. The van der Waals surface area contributed by atoms with Crippen LogP contribution in [0.3, 0.4) is 0 Å². The SMILES string of the molecule is C=C1/C=C\CC(c2ccc(-c3nc(C4=CC=CCC4C)nc(-c4ccc5ccc6ccccc6c5c4)n3)c3c2oc2ccccc23)Cc2ccccc2O1. The van der Waals surface area contributed by atoms with Gasteiger partial charge >= 0.3 is 0 Å². The molecule has 10 rings (SSSR count). The van der Waals surface area contributed by atoms with Crippen molar-refractivity contribution in [1.82, 2.24) is 15.0 Å². The first-order valence-electron chi connectivity index (χ1n) is 18.7. The Morgan fingerprint density at radius 2 is 1.44 bits per heavy atom. The summed E-state index contributed by atoms with van der Waals surface area (Å²) in [6.07, 6.45) is 13.1. The first kappa shape index (κ1) is 32.1. The van der Waals surface area contributed by atoms with Crippen LogP contribution in [0.2, 0.25) is 0 Å². The highest BCUT2D eigenvalue weighted by atomic mass is 16.5. The Hall–Kier alpha value is -6.59. The summed E-state index contributed by atoms with van der Waals surface area (Å²) < 4.78 is 13.0. The van der Waals surface area contributed by atoms with Gasteiger partial charge in [0.2, 0.25) is 0 Å². The molecule has 5 nitrogen and oxygen atoms in total. The van der Waals surface area contributed by atoms with Gasteiger partial charge in [-0.15, -0.1) is 0 Å². The van der Waals surface area contributed by atoms with E-state index in [0.29, 0.717) is 23.2 Å². The van der Waals surface area contributed by atoms with Crippen LogP contribution < -0.4 is 4.74 Å². The fourth-order valence-electron chi connectivity index (χ4n) is 8.19. The standard InChI is InChI=1S/C49H37N3O2/c1-30-12-3-6-17-37(30)48-50-47(36-25-24-33-23-22-32-14-4-7-18-38(32)42(33)29-36)51-49(52-48)41-27-26-39(46-45(41)40-19-8-10-21-44(40)54-46)34-16-11-13-31(2)53-43-20-9-5-15-35(43)28-34/h3-11,13-15,17-27,29-30,34H,2,12,16,28H2,1H3/b13-11-. The summed E-state index contributed by atoms with van der Waals surface area (Å²) >= 11 is 0. The van der Waals surface area contributed by atoms with E-state index in [1.165, 1.54) is 21.5 Å². The summed E-state index contributed by atoms with van der Waals surface area (Å²) in [6.45, 7) is 6.36. The van der Waals surface area contributed by atoms with Crippen molar-refractivity contribution < 1.29 is 9.15 Å². The number of furan rings is 1. The third kappa shape index (κ3) is 5.60. The molecule has 1 aliphatic heterocycles. The molecule has 2 aromatic heterocycles. The highest BCUT2D eigenvalue weighted by molar-refractivity contribution is 6.13. The maximum absolute atomic E-state index is 6.81. The zero-order valence-electron chi connectivity index (χ0n) is 30.0. The van der Waals surface area contributed by atoms with Gasteiger partial charge in [0.25, 0.3) is 0 Å². The van der Waals surface area contributed by atoms with Crippen molar-refractivity contribution >= 4 is 49.1 Å². The van der Waals surface area contributed by atoms with Gasteiger partial charge in [-0.3, -0.25) is 0 Å². The lowest BCUT2D eigenvalue weighted by Crippen LogP contribution is -2.09. The molecule has 0 saturated carbocycles. The molecule has 54 heavy (non-hydrogen) atoms. The molecule has 5 heteroatoms. The lowest BCUT2D eigenvalue weighted by atomic mass is 9.86. The summed E-state index contributed by atoms with van der Waals surface area (Å²) in [5, 5.41) is 6.82. The molecule has 8 aromatic rings. The van der Waals surface area contributed by atoms with Crippen LogP contribution in [0.25, 0.3) is 71.8 Å². The van der Waals surface area contributed by atoms with Crippen molar-refractivity contribution in [3.63, 3.8) is 0 Å². The normalized spacial score (nSPS) is 17.9. The van der Waals surface area contributed by atoms with E-state index < -0.39 is 0 Å². The minimum Gasteiger partial charge on any atom is -0.458 e. The fraction of sp³-hybridized carbons (Fsp3) is 0.122. The van der Waals surface area contributed by atoms with E-state index in [1.807, 2.05) is 30.3 Å². The number of hydrogen-bond donors (Lipinski definition) is 0. The smallest absolute Gasteiger partial charge is 0.164 e. The molecule has 3 heterocycles. The topological polar surface area (TPSA) is 61.0 Å². The van der Waals surface area contributed by atoms with Crippen molar-refractivity contribution in [2.24, 2.45) is 5.92 Å². The van der Waals surface area contributed by atoms with Gasteiger partial charge in [-0.2, -0.15) is 0 Å². The second-order valence-electron chi connectivity index (χ2n) is 14.4. The zero-order valence-corrected chi connectivity index (χ0v) is 30.0. The monoisotopic (exact) mass is 699 g/mol. The predicted molar refractivity (Wildman–Crippen MR) is 220 cm³/mol. The summed E-state index contributed by atoms with van der Waals surface area (Å²) in [5.74, 6) is 3.85. The van der Waals surface area contributed by atoms with Crippen LogP contribution in [0.1, 0.15) is 42.6 Å². The maximum Gasteiger partial charge on any atom is 0.164 e. The van der Waals surface area contributed by atoms with Crippen molar-refractivity contribution in [2.45, 2.75) is 32.1 Å². The predicted octanol–water partition coefficient (Wildman–Crippen LogP) is 12.6. The Balaban J connectivity index is 1.19. The molecule has 1 aliphatic carbocycles. The quantitative estimate of drug-likeness (QED) is 0.171. The van der Waals surface area contributed by atoms with Crippen LogP contribution in [0, 0.1) is 5.92 Å². The number of fused-ring (bicyclic) bond motifs is 7. The third-order valence-corrected chi connectivity index (χ3v) is 11.0. The number of aromatic nitrogens is 3. The highest BCUT2D eigenvalue weighted by Crippen LogP contribution is 2.43. The number of rotatable bonds is 4. The Labute approximate surface area is 313 Å². The van der Waals surface area contributed by atoms with Gasteiger partial charge in [-0.1, -0.05) is 129 Å². The molecule has 0 spiro atoms. The van der Waals surface area contributed by atoms with Gasteiger partial charge in [0.15, 0.2) is 17.5 Å². The second-order valence-corrected chi connectivity index (χ2v) is 14.4. The van der Waals surface area contributed by atoms with Gasteiger partial charge in [0, 0.05) is 27.5 Å². The van der Waals surface area contributed by atoms with Gasteiger partial charge in [-0.25, -0.2) is 15.0 Å². The number of ether oxygens (including phenoxy) is 1. The minimum absolute atomic E-state index is 0.131. The van der Waals surface area contributed by atoms with E-state index in [2.05, 4.69) is 129 Å². The number of hydrogen-bond acceptors (Lipinski definition) is 5. The van der Waals surface area contributed by atoms with Gasteiger partial charge in [-0.05, 0) is 94.1 Å². The number of nitrogens with zero attached hydrogens (tertiary/aromatic N) is 3. The molecule has 0 saturated heterocycles. The largest absolute Gasteiger partial charge is 0.458 e.